The second-order valence-electron chi connectivity index (χ2n) is 4.57. The highest BCUT2D eigenvalue weighted by Crippen LogP contribution is 2.32. The molecule has 3 nitrogen and oxygen atoms in total. The lowest BCUT2D eigenvalue weighted by molar-refractivity contribution is -0.118. The van der Waals surface area contributed by atoms with Crippen molar-refractivity contribution in [1.82, 2.24) is 0 Å². The van der Waals surface area contributed by atoms with Gasteiger partial charge in [0.2, 0.25) is 5.91 Å². The number of rotatable bonds is 3. The zero-order chi connectivity index (χ0) is 12.5. The average Bonchev–Trinajstić information content (AvgIpc) is 2.20. The van der Waals surface area contributed by atoms with Crippen molar-refractivity contribution in [3.8, 4) is 0 Å². The summed E-state index contributed by atoms with van der Waals surface area (Å²) in [4.78, 5) is 11.8. The van der Waals surface area contributed by atoms with Gasteiger partial charge in [0.15, 0.2) is 0 Å². The molecule has 0 unspecified atom stereocenters. The predicted molar refractivity (Wildman–Crippen MR) is 78.2 cm³/mol. The van der Waals surface area contributed by atoms with E-state index in [1.807, 2.05) is 12.1 Å². The molecular weight excluding hydrogens is 351 g/mol. The Bertz CT molecular complexity index is 446. The van der Waals surface area contributed by atoms with Crippen molar-refractivity contribution < 1.29 is 4.79 Å². The molecule has 1 aliphatic carbocycles. The summed E-state index contributed by atoms with van der Waals surface area (Å²) in [7, 11) is 0. The Morgan fingerprint density at radius 1 is 1.53 bits per heavy atom. The highest BCUT2D eigenvalue weighted by atomic mass is 127. The maximum Gasteiger partial charge on any atom is 0.226 e. The number of nitrogens with one attached hydrogen (secondary N) is 1. The van der Waals surface area contributed by atoms with Crippen molar-refractivity contribution in [2.24, 2.45) is 5.73 Å². The average molecular weight is 365 g/mol. The molecule has 1 aromatic rings. The van der Waals surface area contributed by atoms with E-state index < -0.39 is 0 Å². The minimum Gasteiger partial charge on any atom is -0.325 e. The Morgan fingerprint density at radius 2 is 2.24 bits per heavy atom. The van der Waals surface area contributed by atoms with E-state index in [0.29, 0.717) is 11.4 Å². The number of nitrogens with two attached hydrogens (primary N) is 1. The second-order valence-corrected chi connectivity index (χ2v) is 6.16. The number of amides is 1. The number of hydrogen-bond donors (Lipinski definition) is 2. The summed E-state index contributed by atoms with van der Waals surface area (Å²) < 4.78 is 0.933. The number of benzene rings is 1. The van der Waals surface area contributed by atoms with Crippen LogP contribution in [0.4, 0.5) is 5.69 Å². The van der Waals surface area contributed by atoms with Crippen molar-refractivity contribution in [1.29, 1.82) is 0 Å². The van der Waals surface area contributed by atoms with Crippen molar-refractivity contribution >= 4 is 45.8 Å². The second kappa shape index (κ2) is 5.12. The van der Waals surface area contributed by atoms with Gasteiger partial charge in [0.25, 0.3) is 0 Å². The van der Waals surface area contributed by atoms with E-state index in [1.54, 1.807) is 6.07 Å². The van der Waals surface area contributed by atoms with Gasteiger partial charge in [0, 0.05) is 20.6 Å². The molecule has 1 aromatic carbocycles. The largest absolute Gasteiger partial charge is 0.325 e. The topological polar surface area (TPSA) is 55.1 Å². The molecule has 1 aliphatic rings. The van der Waals surface area contributed by atoms with Gasteiger partial charge in [0.1, 0.15) is 0 Å². The van der Waals surface area contributed by atoms with Crippen LogP contribution in [0.25, 0.3) is 0 Å². The third-order valence-corrected chi connectivity index (χ3v) is 4.19. The number of halogens is 2. The Morgan fingerprint density at radius 3 is 2.76 bits per heavy atom. The molecule has 0 radical (unpaired) electrons. The van der Waals surface area contributed by atoms with Gasteiger partial charge in [-0.3, -0.25) is 4.79 Å². The van der Waals surface area contributed by atoms with Crippen LogP contribution < -0.4 is 11.1 Å². The summed E-state index contributed by atoms with van der Waals surface area (Å²) in [6.07, 6.45) is 3.41. The smallest absolute Gasteiger partial charge is 0.226 e. The number of carbonyl (C=O) groups is 1. The van der Waals surface area contributed by atoms with Crippen LogP contribution in [0.2, 0.25) is 5.02 Å². The van der Waals surface area contributed by atoms with E-state index in [9.17, 15) is 4.79 Å². The van der Waals surface area contributed by atoms with Crippen LogP contribution in [0, 0.1) is 3.57 Å². The molecular formula is C12H14ClIN2O. The molecule has 0 heterocycles. The van der Waals surface area contributed by atoms with E-state index in [1.165, 1.54) is 0 Å². The van der Waals surface area contributed by atoms with Gasteiger partial charge in [-0.05, 0) is 60.1 Å². The zero-order valence-corrected chi connectivity index (χ0v) is 12.2. The lowest BCUT2D eigenvalue weighted by atomic mass is 9.75. The maximum atomic E-state index is 11.8. The summed E-state index contributed by atoms with van der Waals surface area (Å²) >= 11 is 8.00. The van der Waals surface area contributed by atoms with Gasteiger partial charge < -0.3 is 11.1 Å². The minimum atomic E-state index is -0.276. The quantitative estimate of drug-likeness (QED) is 0.810. The highest BCUT2D eigenvalue weighted by Gasteiger charge is 2.34. The van der Waals surface area contributed by atoms with E-state index in [0.717, 1.165) is 28.5 Å². The molecule has 2 rings (SSSR count). The molecule has 17 heavy (non-hydrogen) atoms. The Kier molecular flexibility index (Phi) is 3.95. The van der Waals surface area contributed by atoms with Crippen molar-refractivity contribution in [2.45, 2.75) is 31.2 Å². The maximum absolute atomic E-state index is 11.8. The molecule has 0 aliphatic heterocycles. The third kappa shape index (κ3) is 3.33. The van der Waals surface area contributed by atoms with E-state index >= 15 is 0 Å². The molecule has 0 saturated heterocycles. The van der Waals surface area contributed by atoms with Gasteiger partial charge in [-0.2, -0.15) is 0 Å². The molecule has 1 fully saturated rings. The van der Waals surface area contributed by atoms with E-state index in [-0.39, 0.29) is 11.4 Å². The van der Waals surface area contributed by atoms with E-state index in [4.69, 9.17) is 17.3 Å². The summed E-state index contributed by atoms with van der Waals surface area (Å²) in [6, 6.07) is 5.39. The standard InChI is InChI=1S/C12H14ClIN2O/c13-8-2-3-10(9(14)6-8)16-11(17)7-12(15)4-1-5-12/h2-3,6H,1,4-5,7,15H2,(H,16,17). The molecule has 0 spiro atoms. The first-order valence-electron chi connectivity index (χ1n) is 5.52. The molecule has 0 bridgehead atoms. The first-order chi connectivity index (χ1) is 7.98. The predicted octanol–water partition coefficient (Wildman–Crippen LogP) is 3.15. The van der Waals surface area contributed by atoms with Gasteiger partial charge >= 0.3 is 0 Å². The first-order valence-corrected chi connectivity index (χ1v) is 6.98. The lowest BCUT2D eigenvalue weighted by Crippen LogP contribution is -2.48. The Labute approximate surface area is 119 Å². The van der Waals surface area contributed by atoms with Crippen LogP contribution in [0.5, 0.6) is 0 Å². The van der Waals surface area contributed by atoms with Gasteiger partial charge in [-0.15, -0.1) is 0 Å². The highest BCUT2D eigenvalue weighted by molar-refractivity contribution is 14.1. The number of anilines is 1. The van der Waals surface area contributed by atoms with Crippen molar-refractivity contribution in [3.05, 3.63) is 26.8 Å². The lowest BCUT2D eigenvalue weighted by Gasteiger charge is -2.37. The first kappa shape index (κ1) is 13.1. The summed E-state index contributed by atoms with van der Waals surface area (Å²) in [5, 5.41) is 3.54. The SMILES string of the molecule is NC1(CC(=O)Nc2ccc(Cl)cc2I)CCC1. The molecule has 5 heteroatoms. The fraction of sp³-hybridized carbons (Fsp3) is 0.417. The zero-order valence-electron chi connectivity index (χ0n) is 9.30. The molecule has 3 N–H and O–H groups in total. The fourth-order valence-corrected chi connectivity index (χ4v) is 2.92. The molecule has 0 aromatic heterocycles. The van der Waals surface area contributed by atoms with Gasteiger partial charge in [-0.1, -0.05) is 11.6 Å². The van der Waals surface area contributed by atoms with E-state index in [2.05, 4.69) is 27.9 Å². The molecule has 92 valence electrons. The Hall–Kier alpha value is -0.330. The number of carbonyl (C=O) groups excluding carboxylic acids is 1. The van der Waals surface area contributed by atoms with Gasteiger partial charge in [-0.25, -0.2) is 0 Å². The van der Waals surface area contributed by atoms with Crippen LogP contribution in [-0.2, 0) is 4.79 Å². The number of hydrogen-bond acceptors (Lipinski definition) is 2. The monoisotopic (exact) mass is 364 g/mol. The fourth-order valence-electron chi connectivity index (χ4n) is 1.91. The van der Waals surface area contributed by atoms with Crippen LogP contribution in [0.3, 0.4) is 0 Å². The van der Waals surface area contributed by atoms with Crippen LogP contribution in [0.15, 0.2) is 18.2 Å². The summed E-state index contributed by atoms with van der Waals surface area (Å²) in [5.74, 6) is -0.0209. The normalized spacial score (nSPS) is 17.4. The minimum absolute atomic E-state index is 0.0209. The van der Waals surface area contributed by atoms with Crippen molar-refractivity contribution in [3.63, 3.8) is 0 Å². The van der Waals surface area contributed by atoms with Crippen LogP contribution in [0.1, 0.15) is 25.7 Å². The van der Waals surface area contributed by atoms with Crippen LogP contribution in [-0.4, -0.2) is 11.4 Å². The summed E-state index contributed by atoms with van der Waals surface area (Å²) in [5.41, 5.74) is 6.55. The van der Waals surface area contributed by atoms with Gasteiger partial charge in [0.05, 0.1) is 5.69 Å². The third-order valence-electron chi connectivity index (χ3n) is 3.07. The molecule has 1 saturated carbocycles. The molecule has 0 atom stereocenters. The van der Waals surface area contributed by atoms with Crippen LogP contribution >= 0.6 is 34.2 Å². The summed E-state index contributed by atoms with van der Waals surface area (Å²) in [6.45, 7) is 0. The Balaban J connectivity index is 1.98. The van der Waals surface area contributed by atoms with Crippen molar-refractivity contribution in [2.75, 3.05) is 5.32 Å². The molecule has 1 amide bonds.